The number of hydrogen-bond donors (Lipinski definition) is 2. The molecule has 2 N–H and O–H groups in total. The second-order valence-electron chi connectivity index (χ2n) is 4.92. The number of amides is 1. The summed E-state index contributed by atoms with van der Waals surface area (Å²) in [4.78, 5) is 23.3. The van der Waals surface area contributed by atoms with Crippen molar-refractivity contribution in [1.82, 2.24) is 5.32 Å². The predicted octanol–water partition coefficient (Wildman–Crippen LogP) is 2.92. The van der Waals surface area contributed by atoms with E-state index in [1.54, 1.807) is 0 Å². The predicted molar refractivity (Wildman–Crippen MR) is 80.5 cm³/mol. The van der Waals surface area contributed by atoms with Crippen molar-refractivity contribution in [2.75, 3.05) is 11.5 Å². The molecule has 0 heterocycles. The summed E-state index contributed by atoms with van der Waals surface area (Å²) in [5.74, 6) is 1.07. The average molecular weight is 289 g/mol. The Bertz CT molecular complexity index is 290. The molecule has 1 amide bonds. The van der Waals surface area contributed by atoms with Gasteiger partial charge < -0.3 is 10.4 Å². The Labute approximate surface area is 120 Å². The number of hydrogen-bond acceptors (Lipinski definition) is 3. The minimum absolute atomic E-state index is 0.0700. The second kappa shape index (κ2) is 9.23. The number of aliphatic carboxylic acids is 1. The molecule has 0 rings (SSSR count). The third kappa shape index (κ3) is 6.32. The molecule has 0 radical (unpaired) electrons. The molecule has 0 fully saturated rings. The van der Waals surface area contributed by atoms with E-state index < -0.39 is 11.4 Å². The first-order valence-electron chi connectivity index (χ1n) is 7.02. The van der Waals surface area contributed by atoms with Gasteiger partial charge in [0.15, 0.2) is 0 Å². The van der Waals surface area contributed by atoms with Crippen molar-refractivity contribution in [3.63, 3.8) is 0 Å². The Morgan fingerprint density at radius 3 is 2.26 bits per heavy atom. The molecule has 1 atom stereocenters. The van der Waals surface area contributed by atoms with E-state index in [9.17, 15) is 14.7 Å². The van der Waals surface area contributed by atoms with Crippen LogP contribution in [0.3, 0.4) is 0 Å². The van der Waals surface area contributed by atoms with Crippen LogP contribution in [0.1, 0.15) is 53.4 Å². The number of nitrogens with one attached hydrogen (secondary N) is 1. The maximum absolute atomic E-state index is 11.9. The van der Waals surface area contributed by atoms with Gasteiger partial charge in [-0.05, 0) is 37.7 Å². The number of thioether (sulfide) groups is 1. The first-order chi connectivity index (χ1) is 8.91. The van der Waals surface area contributed by atoms with Crippen molar-refractivity contribution in [2.45, 2.75) is 59.4 Å². The lowest BCUT2D eigenvalue weighted by Crippen LogP contribution is -2.40. The lowest BCUT2D eigenvalue weighted by molar-refractivity contribution is -0.152. The van der Waals surface area contributed by atoms with E-state index in [1.807, 2.05) is 32.5 Å². The van der Waals surface area contributed by atoms with Gasteiger partial charge in [-0.1, -0.05) is 20.8 Å². The van der Waals surface area contributed by atoms with E-state index in [2.05, 4.69) is 12.2 Å². The van der Waals surface area contributed by atoms with Crippen LogP contribution < -0.4 is 5.32 Å². The van der Waals surface area contributed by atoms with E-state index >= 15 is 0 Å². The van der Waals surface area contributed by atoms with Crippen LogP contribution in [0.2, 0.25) is 0 Å². The zero-order valence-corrected chi connectivity index (χ0v) is 13.3. The molecule has 112 valence electrons. The highest BCUT2D eigenvalue weighted by atomic mass is 32.2. The molecule has 0 aliphatic rings. The van der Waals surface area contributed by atoms with Crippen molar-refractivity contribution in [1.29, 1.82) is 0 Å². The molecule has 1 unspecified atom stereocenters. The molecular formula is C14H27NO3S. The molecule has 0 aromatic carbocycles. The Morgan fingerprint density at radius 1 is 1.26 bits per heavy atom. The second-order valence-corrected chi connectivity index (χ2v) is 6.32. The summed E-state index contributed by atoms with van der Waals surface area (Å²) >= 11 is 1.85. The van der Waals surface area contributed by atoms with Gasteiger partial charge in [0.1, 0.15) is 0 Å². The molecule has 0 aliphatic heterocycles. The van der Waals surface area contributed by atoms with E-state index in [0.29, 0.717) is 12.8 Å². The van der Waals surface area contributed by atoms with Gasteiger partial charge in [0, 0.05) is 12.5 Å². The zero-order valence-electron chi connectivity index (χ0n) is 12.5. The fraction of sp³-hybridized carbons (Fsp3) is 0.857. The van der Waals surface area contributed by atoms with Crippen LogP contribution >= 0.6 is 11.8 Å². The highest BCUT2D eigenvalue weighted by Crippen LogP contribution is 2.30. The van der Waals surface area contributed by atoms with E-state index in [4.69, 9.17) is 0 Å². The Balaban J connectivity index is 4.31. The van der Waals surface area contributed by atoms with Crippen LogP contribution in [0.5, 0.6) is 0 Å². The van der Waals surface area contributed by atoms with Crippen LogP contribution in [-0.2, 0) is 9.59 Å². The first kappa shape index (κ1) is 18.3. The molecule has 0 saturated heterocycles. The highest BCUT2D eigenvalue weighted by Gasteiger charge is 2.37. The van der Waals surface area contributed by atoms with E-state index in [0.717, 1.165) is 17.9 Å². The molecule has 4 nitrogen and oxygen atoms in total. The number of rotatable bonds is 10. The van der Waals surface area contributed by atoms with Gasteiger partial charge in [-0.3, -0.25) is 9.59 Å². The minimum Gasteiger partial charge on any atom is -0.481 e. The topological polar surface area (TPSA) is 66.4 Å². The quantitative estimate of drug-likeness (QED) is 0.607. The molecule has 0 bridgehead atoms. The Morgan fingerprint density at radius 2 is 1.84 bits per heavy atom. The summed E-state index contributed by atoms with van der Waals surface area (Å²) in [6, 6.07) is 0.103. The number of carbonyl (C=O) groups excluding carboxylic acids is 1. The highest BCUT2D eigenvalue weighted by molar-refractivity contribution is 7.99. The van der Waals surface area contributed by atoms with E-state index in [-0.39, 0.29) is 18.4 Å². The Kier molecular flexibility index (Phi) is 8.89. The first-order valence-corrected chi connectivity index (χ1v) is 8.17. The summed E-state index contributed by atoms with van der Waals surface area (Å²) < 4.78 is 0. The van der Waals surface area contributed by atoms with E-state index in [1.165, 1.54) is 0 Å². The molecule has 5 heteroatoms. The third-order valence-electron chi connectivity index (χ3n) is 3.61. The normalized spacial score (nSPS) is 13.1. The smallest absolute Gasteiger partial charge is 0.310 e. The molecule has 0 aromatic rings. The number of carboxylic acid groups (broad SMARTS) is 1. The van der Waals surface area contributed by atoms with Crippen molar-refractivity contribution in [3.8, 4) is 0 Å². The summed E-state index contributed by atoms with van der Waals surface area (Å²) in [6.07, 6.45) is 1.95. The monoisotopic (exact) mass is 289 g/mol. The van der Waals surface area contributed by atoms with Crippen molar-refractivity contribution in [3.05, 3.63) is 0 Å². The maximum atomic E-state index is 11.9. The lowest BCUT2D eigenvalue weighted by atomic mass is 9.79. The van der Waals surface area contributed by atoms with Crippen molar-refractivity contribution in [2.24, 2.45) is 5.41 Å². The standard InChI is InChI=1S/C14H27NO3S/c1-5-14(6-2,13(17)18)10-12(16)15-11(4)8-9-19-7-3/h11H,5-10H2,1-4H3,(H,15,16)(H,17,18). The molecule has 0 saturated carbocycles. The Hall–Kier alpha value is -0.710. The maximum Gasteiger partial charge on any atom is 0.310 e. The van der Waals surface area contributed by atoms with Gasteiger partial charge in [0.05, 0.1) is 5.41 Å². The largest absolute Gasteiger partial charge is 0.481 e. The molecule has 19 heavy (non-hydrogen) atoms. The molecule has 0 spiro atoms. The van der Waals surface area contributed by atoms with Gasteiger partial charge in [0.2, 0.25) is 5.91 Å². The van der Waals surface area contributed by atoms with Crippen LogP contribution in [0.25, 0.3) is 0 Å². The zero-order chi connectivity index (χ0) is 14.9. The summed E-state index contributed by atoms with van der Waals surface area (Å²) in [5.41, 5.74) is -0.915. The van der Waals surface area contributed by atoms with Crippen molar-refractivity contribution >= 4 is 23.6 Å². The third-order valence-corrected chi connectivity index (χ3v) is 4.55. The number of carbonyl (C=O) groups is 2. The minimum atomic E-state index is -0.915. The van der Waals surface area contributed by atoms with Crippen molar-refractivity contribution < 1.29 is 14.7 Å². The van der Waals surface area contributed by atoms with Gasteiger partial charge in [-0.15, -0.1) is 0 Å². The summed E-state index contributed by atoms with van der Waals surface area (Å²) in [5, 5.41) is 12.2. The fourth-order valence-electron chi connectivity index (χ4n) is 1.99. The molecule has 0 aromatic heterocycles. The van der Waals surface area contributed by atoms with Crippen LogP contribution in [0, 0.1) is 5.41 Å². The number of carboxylic acids is 1. The summed E-state index contributed by atoms with van der Waals surface area (Å²) in [7, 11) is 0. The van der Waals surface area contributed by atoms with Crippen LogP contribution in [0.4, 0.5) is 0 Å². The van der Waals surface area contributed by atoms with Crippen LogP contribution in [0.15, 0.2) is 0 Å². The SMILES string of the molecule is CCSCCC(C)NC(=O)CC(CC)(CC)C(=O)O. The van der Waals surface area contributed by atoms with Crippen LogP contribution in [-0.4, -0.2) is 34.5 Å². The average Bonchev–Trinajstić information content (AvgIpc) is 2.35. The van der Waals surface area contributed by atoms with Gasteiger partial charge in [-0.2, -0.15) is 11.8 Å². The fourth-order valence-corrected chi connectivity index (χ4v) is 2.80. The summed E-state index contributed by atoms with van der Waals surface area (Å²) in [6.45, 7) is 7.73. The van der Waals surface area contributed by atoms with Gasteiger partial charge in [-0.25, -0.2) is 0 Å². The molecule has 0 aliphatic carbocycles. The van der Waals surface area contributed by atoms with Gasteiger partial charge >= 0.3 is 5.97 Å². The lowest BCUT2D eigenvalue weighted by Gasteiger charge is -2.26. The molecular weight excluding hydrogens is 262 g/mol. The van der Waals surface area contributed by atoms with Gasteiger partial charge in [0.25, 0.3) is 0 Å².